The van der Waals surface area contributed by atoms with Crippen molar-refractivity contribution in [1.29, 1.82) is 0 Å². The van der Waals surface area contributed by atoms with Gasteiger partial charge in [0.15, 0.2) is 11.5 Å². The second-order valence-electron chi connectivity index (χ2n) is 7.38. The molecule has 1 aliphatic carbocycles. The van der Waals surface area contributed by atoms with Gasteiger partial charge in [-0.25, -0.2) is 0 Å². The van der Waals surface area contributed by atoms with Gasteiger partial charge in [0.1, 0.15) is 5.75 Å². The largest absolute Gasteiger partial charge is 0.495 e. The standard InChI is InChI=1S/C22H27ClN2O3/c1-26-19-9-4-14(12-21(19)28-3)22-16-6-8-18(16)25(22)11-10-24-15-5-7-17(23)20(13-15)27-2/h4-5,7,9,12-13,16,18,22,24H,6,8,10-11H2,1-3H3. The summed E-state index contributed by atoms with van der Waals surface area (Å²) in [6.07, 6.45) is 2.60. The second-order valence-corrected chi connectivity index (χ2v) is 7.79. The molecule has 0 radical (unpaired) electrons. The molecule has 150 valence electrons. The zero-order chi connectivity index (χ0) is 19.7. The van der Waals surface area contributed by atoms with E-state index in [1.807, 2.05) is 24.3 Å². The number of piperidine rings is 1. The van der Waals surface area contributed by atoms with E-state index < -0.39 is 0 Å². The minimum absolute atomic E-state index is 0.458. The van der Waals surface area contributed by atoms with Crippen molar-refractivity contribution < 1.29 is 14.2 Å². The third kappa shape index (κ3) is 3.38. The Morgan fingerprint density at radius 1 is 0.964 bits per heavy atom. The highest BCUT2D eigenvalue weighted by Gasteiger charge is 2.53. The fourth-order valence-corrected chi connectivity index (χ4v) is 4.71. The van der Waals surface area contributed by atoms with Crippen LogP contribution in [0.1, 0.15) is 24.4 Å². The van der Waals surface area contributed by atoms with Crippen LogP contribution >= 0.6 is 11.6 Å². The van der Waals surface area contributed by atoms with Gasteiger partial charge >= 0.3 is 0 Å². The zero-order valence-electron chi connectivity index (χ0n) is 16.6. The summed E-state index contributed by atoms with van der Waals surface area (Å²) in [5.41, 5.74) is 2.33. The maximum atomic E-state index is 6.11. The van der Waals surface area contributed by atoms with Gasteiger partial charge in [-0.2, -0.15) is 0 Å². The van der Waals surface area contributed by atoms with E-state index in [4.69, 9.17) is 25.8 Å². The third-order valence-electron chi connectivity index (χ3n) is 6.08. The van der Waals surface area contributed by atoms with E-state index in [1.165, 1.54) is 18.4 Å². The minimum Gasteiger partial charge on any atom is -0.495 e. The van der Waals surface area contributed by atoms with Crippen molar-refractivity contribution in [3.8, 4) is 17.2 Å². The minimum atomic E-state index is 0.458. The van der Waals surface area contributed by atoms with E-state index in [0.29, 0.717) is 22.9 Å². The molecule has 1 saturated carbocycles. The summed E-state index contributed by atoms with van der Waals surface area (Å²) in [7, 11) is 5.00. The lowest BCUT2D eigenvalue weighted by Gasteiger charge is -2.62. The van der Waals surface area contributed by atoms with Crippen LogP contribution in [-0.2, 0) is 0 Å². The van der Waals surface area contributed by atoms with Gasteiger partial charge < -0.3 is 19.5 Å². The molecule has 1 heterocycles. The van der Waals surface area contributed by atoms with Crippen molar-refractivity contribution in [2.75, 3.05) is 39.7 Å². The molecular formula is C22H27ClN2O3. The normalized spacial score (nSPS) is 23.2. The molecule has 2 fully saturated rings. The first-order valence-corrected chi connectivity index (χ1v) is 10.1. The van der Waals surface area contributed by atoms with Crippen LogP contribution in [0.3, 0.4) is 0 Å². The van der Waals surface area contributed by atoms with E-state index in [2.05, 4.69) is 22.3 Å². The lowest BCUT2D eigenvalue weighted by molar-refractivity contribution is -0.121. The molecule has 1 aliphatic heterocycles. The first-order chi connectivity index (χ1) is 13.7. The number of ether oxygens (including phenoxy) is 3. The Morgan fingerprint density at radius 3 is 2.43 bits per heavy atom. The van der Waals surface area contributed by atoms with Gasteiger partial charge in [0.2, 0.25) is 0 Å². The summed E-state index contributed by atoms with van der Waals surface area (Å²) >= 11 is 6.11. The van der Waals surface area contributed by atoms with Crippen LogP contribution in [0.15, 0.2) is 36.4 Å². The molecule has 28 heavy (non-hydrogen) atoms. The van der Waals surface area contributed by atoms with Crippen LogP contribution in [0, 0.1) is 5.92 Å². The van der Waals surface area contributed by atoms with Gasteiger partial charge in [0.25, 0.3) is 0 Å². The van der Waals surface area contributed by atoms with Gasteiger partial charge in [0.05, 0.1) is 26.4 Å². The Morgan fingerprint density at radius 2 is 1.75 bits per heavy atom. The van der Waals surface area contributed by atoms with Crippen molar-refractivity contribution in [2.24, 2.45) is 5.92 Å². The summed E-state index contributed by atoms with van der Waals surface area (Å²) in [5.74, 6) is 3.03. The molecule has 1 N–H and O–H groups in total. The van der Waals surface area contributed by atoms with Crippen molar-refractivity contribution in [3.05, 3.63) is 47.0 Å². The van der Waals surface area contributed by atoms with Crippen LogP contribution < -0.4 is 19.5 Å². The van der Waals surface area contributed by atoms with E-state index in [9.17, 15) is 0 Å². The summed E-state index contributed by atoms with van der Waals surface area (Å²) in [4.78, 5) is 2.61. The first kappa shape index (κ1) is 19.2. The average molecular weight is 403 g/mol. The maximum Gasteiger partial charge on any atom is 0.161 e. The summed E-state index contributed by atoms with van der Waals surface area (Å²) in [6, 6.07) is 13.3. The van der Waals surface area contributed by atoms with Crippen molar-refractivity contribution >= 4 is 17.3 Å². The molecule has 6 heteroatoms. The number of hydrogen-bond acceptors (Lipinski definition) is 5. The number of methoxy groups -OCH3 is 3. The number of nitrogens with zero attached hydrogens (tertiary/aromatic N) is 1. The van der Waals surface area contributed by atoms with Gasteiger partial charge in [-0.1, -0.05) is 17.7 Å². The van der Waals surface area contributed by atoms with E-state index in [-0.39, 0.29) is 0 Å². The summed E-state index contributed by atoms with van der Waals surface area (Å²) < 4.78 is 16.2. The van der Waals surface area contributed by atoms with Crippen LogP contribution in [0.25, 0.3) is 0 Å². The number of benzene rings is 2. The van der Waals surface area contributed by atoms with E-state index >= 15 is 0 Å². The Labute approximate surface area is 171 Å². The van der Waals surface area contributed by atoms with E-state index in [0.717, 1.165) is 36.2 Å². The van der Waals surface area contributed by atoms with Crippen LogP contribution in [0.4, 0.5) is 5.69 Å². The highest BCUT2D eigenvalue weighted by molar-refractivity contribution is 6.32. The van der Waals surface area contributed by atoms with Crippen LogP contribution in [-0.4, -0.2) is 45.4 Å². The molecule has 2 aromatic carbocycles. The number of likely N-dealkylation sites (tertiary alicyclic amines) is 1. The monoisotopic (exact) mass is 402 g/mol. The maximum absolute atomic E-state index is 6.11. The fraction of sp³-hybridized carbons (Fsp3) is 0.455. The molecule has 3 atom stereocenters. The third-order valence-corrected chi connectivity index (χ3v) is 6.39. The molecule has 3 unspecified atom stereocenters. The number of anilines is 1. The zero-order valence-corrected chi connectivity index (χ0v) is 17.3. The Hall–Kier alpha value is -2.11. The predicted octanol–water partition coefficient (Wildman–Crippen LogP) is 4.61. The molecule has 4 rings (SSSR count). The first-order valence-electron chi connectivity index (χ1n) is 9.71. The number of fused-ring (bicyclic) bond motifs is 1. The Balaban J connectivity index is 1.42. The van der Waals surface area contributed by atoms with Crippen molar-refractivity contribution in [3.63, 3.8) is 0 Å². The summed E-state index contributed by atoms with van der Waals surface area (Å²) in [6.45, 7) is 1.86. The number of rotatable bonds is 8. The molecule has 5 nitrogen and oxygen atoms in total. The van der Waals surface area contributed by atoms with E-state index in [1.54, 1.807) is 21.3 Å². The molecule has 1 saturated heterocycles. The second kappa shape index (κ2) is 8.10. The molecular weight excluding hydrogens is 376 g/mol. The summed E-state index contributed by atoms with van der Waals surface area (Å²) in [5, 5.41) is 4.12. The smallest absolute Gasteiger partial charge is 0.161 e. The van der Waals surface area contributed by atoms with Gasteiger partial charge in [-0.05, 0) is 48.6 Å². The number of hydrogen-bond donors (Lipinski definition) is 1. The molecule has 0 spiro atoms. The van der Waals surface area contributed by atoms with Gasteiger partial charge in [0, 0.05) is 36.9 Å². The molecule has 0 aromatic heterocycles. The lowest BCUT2D eigenvalue weighted by Crippen LogP contribution is -2.64. The van der Waals surface area contributed by atoms with Crippen molar-refractivity contribution in [2.45, 2.75) is 24.9 Å². The predicted molar refractivity (Wildman–Crippen MR) is 112 cm³/mol. The number of halogens is 1. The SMILES string of the molecule is COc1cc(NCCN2C3CCC3C2c2ccc(OC)c(OC)c2)ccc1Cl. The fourth-order valence-electron chi connectivity index (χ4n) is 4.52. The topological polar surface area (TPSA) is 43.0 Å². The molecule has 0 amide bonds. The Bertz CT molecular complexity index is 845. The molecule has 2 aliphatic rings. The van der Waals surface area contributed by atoms with Crippen LogP contribution in [0.5, 0.6) is 17.2 Å². The quantitative estimate of drug-likeness (QED) is 0.698. The van der Waals surface area contributed by atoms with Gasteiger partial charge in [-0.3, -0.25) is 4.90 Å². The Kier molecular flexibility index (Phi) is 5.56. The highest BCUT2D eigenvalue weighted by Crippen LogP contribution is 2.55. The highest BCUT2D eigenvalue weighted by atomic mass is 35.5. The van der Waals surface area contributed by atoms with Crippen LogP contribution in [0.2, 0.25) is 5.02 Å². The lowest BCUT2D eigenvalue weighted by atomic mass is 9.63. The average Bonchev–Trinajstić information content (AvgIpc) is 2.71. The molecule has 0 bridgehead atoms. The van der Waals surface area contributed by atoms with Crippen molar-refractivity contribution in [1.82, 2.24) is 4.90 Å². The number of nitrogens with one attached hydrogen (secondary N) is 1. The van der Waals surface area contributed by atoms with Gasteiger partial charge in [-0.15, -0.1) is 0 Å². The molecule has 2 aromatic rings.